The Hall–Kier alpha value is -4.08. The number of likely N-dealkylation sites (tertiary alicyclic amines) is 1. The van der Waals surface area contributed by atoms with Gasteiger partial charge in [0.2, 0.25) is 0 Å². The van der Waals surface area contributed by atoms with Crippen LogP contribution in [0.2, 0.25) is 0 Å². The Bertz CT molecular complexity index is 1430. The van der Waals surface area contributed by atoms with Crippen molar-refractivity contribution in [2.45, 2.75) is 55.9 Å². The highest BCUT2D eigenvalue weighted by molar-refractivity contribution is 5.70. The normalized spacial score (nSPS) is 21.6. The molecule has 1 fully saturated rings. The Morgan fingerprint density at radius 2 is 1.51 bits per heavy atom. The largest absolute Gasteiger partial charge is 0.445 e. The van der Waals surface area contributed by atoms with Gasteiger partial charge in [0.1, 0.15) is 12.1 Å². The summed E-state index contributed by atoms with van der Waals surface area (Å²) < 4.78 is 92.6. The van der Waals surface area contributed by atoms with Crippen molar-refractivity contribution < 1.29 is 40.6 Å². The fourth-order valence-corrected chi connectivity index (χ4v) is 5.06. The summed E-state index contributed by atoms with van der Waals surface area (Å²) in [5.41, 5.74) is 1.55. The zero-order valence-corrected chi connectivity index (χ0v) is 23.1. The smallest absolute Gasteiger partial charge is 0.416 e. The van der Waals surface area contributed by atoms with E-state index in [1.54, 1.807) is 60.7 Å². The first-order valence-corrected chi connectivity index (χ1v) is 13.3. The summed E-state index contributed by atoms with van der Waals surface area (Å²) in [5.74, 6) is 0. The second-order valence-electron chi connectivity index (χ2n) is 10.6. The second-order valence-corrected chi connectivity index (χ2v) is 10.6. The highest BCUT2D eigenvalue weighted by Crippen LogP contribution is 2.43. The Balaban J connectivity index is 1.70. The minimum atomic E-state index is -5.02. The van der Waals surface area contributed by atoms with Gasteiger partial charge in [0, 0.05) is 0 Å². The number of nitrogens with zero attached hydrogens (tertiary/aromatic N) is 2. The molecule has 0 spiro atoms. The molecule has 1 aliphatic rings. The number of rotatable bonds is 7. The van der Waals surface area contributed by atoms with E-state index in [0.717, 1.165) is 0 Å². The SMILES string of the molecule is C[C@@H](OC[C@@]1(c2ccccc2)CC[C@](N)(C#N)CN1C(=O)OCc1ccccc1)c1cc(C(F)(F)F)cc(C(F)(F)F)c1. The van der Waals surface area contributed by atoms with Crippen LogP contribution in [0.25, 0.3) is 0 Å². The number of carbonyl (C=O) groups excluding carboxylic acids is 1. The number of alkyl halides is 6. The van der Waals surface area contributed by atoms with Gasteiger partial charge < -0.3 is 15.2 Å². The number of carbonyl (C=O) groups is 1. The summed E-state index contributed by atoms with van der Waals surface area (Å²) in [7, 11) is 0. The van der Waals surface area contributed by atoms with Crippen LogP contribution in [0.3, 0.4) is 0 Å². The number of piperidine rings is 1. The predicted octanol–water partition coefficient (Wildman–Crippen LogP) is 7.35. The lowest BCUT2D eigenvalue weighted by atomic mass is 9.75. The van der Waals surface area contributed by atoms with E-state index in [4.69, 9.17) is 15.2 Å². The van der Waals surface area contributed by atoms with Crippen LogP contribution in [-0.2, 0) is 34.0 Å². The topological polar surface area (TPSA) is 88.6 Å². The molecule has 1 saturated heterocycles. The number of hydrogen-bond donors (Lipinski definition) is 1. The van der Waals surface area contributed by atoms with Crippen LogP contribution in [0.5, 0.6) is 0 Å². The van der Waals surface area contributed by atoms with Crippen molar-refractivity contribution in [2.24, 2.45) is 5.73 Å². The third kappa shape index (κ3) is 7.29. The van der Waals surface area contributed by atoms with E-state index in [1.165, 1.54) is 11.8 Å². The molecule has 3 aromatic carbocycles. The van der Waals surface area contributed by atoms with Crippen LogP contribution in [0.15, 0.2) is 78.9 Å². The maximum atomic E-state index is 13.6. The van der Waals surface area contributed by atoms with Gasteiger partial charge in [-0.2, -0.15) is 31.6 Å². The Morgan fingerprint density at radius 1 is 0.953 bits per heavy atom. The minimum absolute atomic E-state index is 0.0516. The van der Waals surface area contributed by atoms with Crippen LogP contribution in [0.4, 0.5) is 31.1 Å². The number of nitrogens with two attached hydrogens (primary N) is 1. The molecule has 0 radical (unpaired) electrons. The Kier molecular flexibility index (Phi) is 9.08. The van der Waals surface area contributed by atoms with E-state index in [1.807, 2.05) is 6.07 Å². The van der Waals surface area contributed by atoms with Gasteiger partial charge in [0.05, 0.1) is 42.0 Å². The van der Waals surface area contributed by atoms with Crippen LogP contribution in [-0.4, -0.2) is 29.7 Å². The quantitative estimate of drug-likeness (QED) is 0.285. The van der Waals surface area contributed by atoms with E-state index in [9.17, 15) is 36.4 Å². The number of benzene rings is 3. The van der Waals surface area contributed by atoms with Gasteiger partial charge >= 0.3 is 18.4 Å². The van der Waals surface area contributed by atoms with Crippen LogP contribution < -0.4 is 5.73 Å². The first-order valence-electron chi connectivity index (χ1n) is 13.3. The van der Waals surface area contributed by atoms with Crippen molar-refractivity contribution in [3.63, 3.8) is 0 Å². The fraction of sp³-hybridized carbons (Fsp3) is 0.355. The molecule has 1 amide bonds. The van der Waals surface area contributed by atoms with Crippen molar-refractivity contribution >= 4 is 6.09 Å². The molecule has 4 rings (SSSR count). The number of amides is 1. The molecule has 0 bridgehead atoms. The molecule has 43 heavy (non-hydrogen) atoms. The van der Waals surface area contributed by atoms with Gasteiger partial charge in [-0.3, -0.25) is 4.90 Å². The highest BCUT2D eigenvalue weighted by atomic mass is 19.4. The van der Waals surface area contributed by atoms with E-state index in [2.05, 4.69) is 0 Å². The van der Waals surface area contributed by atoms with Crippen molar-refractivity contribution in [1.82, 2.24) is 4.90 Å². The average molecular weight is 606 g/mol. The van der Waals surface area contributed by atoms with E-state index < -0.39 is 46.8 Å². The number of hydrogen-bond acceptors (Lipinski definition) is 5. The lowest BCUT2D eigenvalue weighted by Crippen LogP contribution is -2.64. The van der Waals surface area contributed by atoms with Gasteiger partial charge in [0.25, 0.3) is 0 Å². The standard InChI is InChI=1S/C31H29F6N3O3/c1-21(23-14-25(30(32,33)34)16-26(15-23)31(35,36)37)43-20-29(24-10-6-3-7-11-24)13-12-28(39,18-38)19-40(29)27(41)42-17-22-8-4-2-5-9-22/h2-11,14-16,21H,12-13,17,19-20,39H2,1H3/t21-,28+,29-/m1/s1. The monoisotopic (exact) mass is 605 g/mol. The predicted molar refractivity (Wildman–Crippen MR) is 144 cm³/mol. The van der Waals surface area contributed by atoms with Crippen LogP contribution in [0, 0.1) is 11.3 Å². The highest BCUT2D eigenvalue weighted by Gasteiger charge is 2.51. The van der Waals surface area contributed by atoms with Gasteiger partial charge in [-0.1, -0.05) is 60.7 Å². The molecule has 0 aliphatic carbocycles. The van der Waals surface area contributed by atoms with Gasteiger partial charge in [0.15, 0.2) is 0 Å². The molecule has 3 aromatic rings. The minimum Gasteiger partial charge on any atom is -0.445 e. The van der Waals surface area contributed by atoms with Crippen molar-refractivity contribution in [3.8, 4) is 6.07 Å². The summed E-state index contributed by atoms with van der Waals surface area (Å²) in [6.45, 7) is 0.647. The first-order chi connectivity index (χ1) is 20.2. The fourth-order valence-electron chi connectivity index (χ4n) is 5.06. The van der Waals surface area contributed by atoms with Crippen LogP contribution >= 0.6 is 0 Å². The summed E-state index contributed by atoms with van der Waals surface area (Å²) in [5, 5.41) is 9.78. The molecule has 2 N–H and O–H groups in total. The Morgan fingerprint density at radius 3 is 2.05 bits per heavy atom. The summed E-state index contributed by atoms with van der Waals surface area (Å²) in [4.78, 5) is 14.9. The van der Waals surface area contributed by atoms with Gasteiger partial charge in [-0.05, 0) is 54.7 Å². The molecule has 12 heteroatoms. The Labute approximate surface area is 244 Å². The van der Waals surface area contributed by atoms with E-state index >= 15 is 0 Å². The molecule has 0 unspecified atom stereocenters. The van der Waals surface area contributed by atoms with Crippen LogP contribution in [0.1, 0.15) is 53.7 Å². The zero-order valence-electron chi connectivity index (χ0n) is 23.1. The van der Waals surface area contributed by atoms with Gasteiger partial charge in [-0.25, -0.2) is 4.79 Å². The third-order valence-electron chi connectivity index (χ3n) is 7.55. The first kappa shape index (κ1) is 31.8. The molecule has 228 valence electrons. The molecule has 0 saturated carbocycles. The second kappa shape index (κ2) is 12.3. The number of ether oxygens (including phenoxy) is 2. The third-order valence-corrected chi connectivity index (χ3v) is 7.55. The average Bonchev–Trinajstić information content (AvgIpc) is 2.99. The summed E-state index contributed by atoms with van der Waals surface area (Å²) >= 11 is 0. The number of nitriles is 1. The number of halogens is 6. The van der Waals surface area contributed by atoms with Gasteiger partial charge in [-0.15, -0.1) is 0 Å². The molecule has 1 aliphatic heterocycles. The molecule has 6 nitrogen and oxygen atoms in total. The van der Waals surface area contributed by atoms with Crippen molar-refractivity contribution in [2.75, 3.05) is 13.2 Å². The molecular weight excluding hydrogens is 576 g/mol. The van der Waals surface area contributed by atoms with E-state index in [-0.39, 0.29) is 44.2 Å². The maximum Gasteiger partial charge on any atom is 0.416 e. The molecule has 3 atom stereocenters. The van der Waals surface area contributed by atoms with E-state index in [0.29, 0.717) is 23.3 Å². The lowest BCUT2D eigenvalue weighted by molar-refractivity contribution is -0.143. The summed E-state index contributed by atoms with van der Waals surface area (Å²) in [6, 6.07) is 20.8. The maximum absolute atomic E-state index is 13.6. The lowest BCUT2D eigenvalue weighted by Gasteiger charge is -2.50. The van der Waals surface area contributed by atoms with Crippen molar-refractivity contribution in [3.05, 3.63) is 107 Å². The molecular formula is C31H29F6N3O3. The summed E-state index contributed by atoms with van der Waals surface area (Å²) in [6.07, 6.45) is -11.9. The molecule has 1 heterocycles. The van der Waals surface area contributed by atoms with Crippen molar-refractivity contribution in [1.29, 1.82) is 5.26 Å². The molecule has 0 aromatic heterocycles. The zero-order chi connectivity index (χ0) is 31.5.